The molecule has 1 aliphatic carbocycles. The van der Waals surface area contributed by atoms with Crippen molar-refractivity contribution in [2.24, 2.45) is 11.7 Å². The lowest BCUT2D eigenvalue weighted by molar-refractivity contribution is -0.132. The summed E-state index contributed by atoms with van der Waals surface area (Å²) in [5.41, 5.74) is 7.38. The molecule has 2 fully saturated rings. The Morgan fingerprint density at radius 1 is 1.17 bits per heavy atom. The Kier molecular flexibility index (Phi) is 3.68. The molecule has 3 aliphatic rings. The number of hydrogen-bond donors (Lipinski definition) is 1. The molecule has 2 heterocycles. The first kappa shape index (κ1) is 14.8. The van der Waals surface area contributed by atoms with E-state index in [1.54, 1.807) is 0 Å². The van der Waals surface area contributed by atoms with Crippen molar-refractivity contribution in [2.75, 3.05) is 26.3 Å². The quantitative estimate of drug-likeness (QED) is 0.922. The number of nitrogens with two attached hydrogens (primary N) is 1. The number of carbonyl (C=O) groups is 1. The van der Waals surface area contributed by atoms with Crippen molar-refractivity contribution >= 4 is 5.91 Å². The van der Waals surface area contributed by atoms with Gasteiger partial charge in [-0.3, -0.25) is 4.79 Å². The summed E-state index contributed by atoms with van der Waals surface area (Å²) < 4.78 is 11.1. The number of rotatable bonds is 3. The van der Waals surface area contributed by atoms with E-state index in [2.05, 4.69) is 0 Å². The molecule has 4 rings (SSSR count). The molecular formula is C18H24N2O3. The van der Waals surface area contributed by atoms with Gasteiger partial charge in [-0.2, -0.15) is 0 Å². The van der Waals surface area contributed by atoms with Gasteiger partial charge >= 0.3 is 0 Å². The fourth-order valence-electron chi connectivity index (χ4n) is 3.74. The predicted octanol–water partition coefficient (Wildman–Crippen LogP) is 1.73. The average molecular weight is 316 g/mol. The van der Waals surface area contributed by atoms with Gasteiger partial charge in [0, 0.05) is 18.6 Å². The first-order chi connectivity index (χ1) is 11.1. The molecular weight excluding hydrogens is 292 g/mol. The van der Waals surface area contributed by atoms with Crippen LogP contribution in [-0.2, 0) is 11.2 Å². The van der Waals surface area contributed by atoms with Crippen LogP contribution in [0.2, 0.25) is 0 Å². The molecule has 124 valence electrons. The zero-order chi connectivity index (χ0) is 15.9. The van der Waals surface area contributed by atoms with Crippen molar-refractivity contribution < 1.29 is 14.3 Å². The van der Waals surface area contributed by atoms with Crippen molar-refractivity contribution in [2.45, 2.75) is 37.6 Å². The van der Waals surface area contributed by atoms with Crippen LogP contribution < -0.4 is 15.2 Å². The van der Waals surface area contributed by atoms with E-state index in [1.165, 1.54) is 0 Å². The topological polar surface area (TPSA) is 64.8 Å². The molecule has 0 aromatic heterocycles. The van der Waals surface area contributed by atoms with Crippen molar-refractivity contribution in [1.29, 1.82) is 0 Å². The molecule has 23 heavy (non-hydrogen) atoms. The Morgan fingerprint density at radius 3 is 2.57 bits per heavy atom. The first-order valence-corrected chi connectivity index (χ1v) is 8.59. The van der Waals surface area contributed by atoms with Crippen LogP contribution in [0.25, 0.3) is 0 Å². The van der Waals surface area contributed by atoms with Gasteiger partial charge in [-0.05, 0) is 49.3 Å². The number of benzene rings is 1. The number of nitrogens with zero attached hydrogens (tertiary/aromatic N) is 1. The smallest absolute Gasteiger partial charge is 0.226 e. The molecule has 0 bridgehead atoms. The van der Waals surface area contributed by atoms with Gasteiger partial charge in [-0.1, -0.05) is 6.07 Å². The summed E-state index contributed by atoms with van der Waals surface area (Å²) in [7, 11) is 0. The average Bonchev–Trinajstić information content (AvgIpc) is 3.34. The molecule has 1 saturated carbocycles. The summed E-state index contributed by atoms with van der Waals surface area (Å²) >= 11 is 0. The van der Waals surface area contributed by atoms with E-state index >= 15 is 0 Å². The van der Waals surface area contributed by atoms with Gasteiger partial charge in [0.05, 0.1) is 6.42 Å². The second kappa shape index (κ2) is 5.71. The minimum atomic E-state index is 0.0883. The highest BCUT2D eigenvalue weighted by Crippen LogP contribution is 2.44. The largest absolute Gasteiger partial charge is 0.486 e. The third kappa shape index (κ3) is 3.02. The zero-order valence-corrected chi connectivity index (χ0v) is 13.4. The second-order valence-electron chi connectivity index (χ2n) is 7.04. The number of carbonyl (C=O) groups excluding carboxylic acids is 1. The molecule has 2 aliphatic heterocycles. The fraction of sp³-hybridized carbons (Fsp3) is 0.611. The van der Waals surface area contributed by atoms with E-state index in [0.29, 0.717) is 25.6 Å². The van der Waals surface area contributed by atoms with Crippen LogP contribution in [0.15, 0.2) is 18.2 Å². The monoisotopic (exact) mass is 316 g/mol. The van der Waals surface area contributed by atoms with Crippen LogP contribution in [0.3, 0.4) is 0 Å². The number of fused-ring (bicyclic) bond motifs is 1. The number of hydrogen-bond acceptors (Lipinski definition) is 4. The Morgan fingerprint density at radius 2 is 1.87 bits per heavy atom. The van der Waals surface area contributed by atoms with Crippen LogP contribution in [-0.4, -0.2) is 42.6 Å². The van der Waals surface area contributed by atoms with Crippen molar-refractivity contribution in [3.63, 3.8) is 0 Å². The summed E-state index contributed by atoms with van der Waals surface area (Å²) in [6.07, 6.45) is 4.83. The Bertz CT molecular complexity index is 604. The SMILES string of the molecule is NC1(C2CCN(C(=O)Cc3ccc4c(c3)OCCO4)CC2)CC1. The highest BCUT2D eigenvalue weighted by molar-refractivity contribution is 5.79. The molecule has 1 saturated heterocycles. The van der Waals surface area contributed by atoms with E-state index in [-0.39, 0.29) is 11.4 Å². The zero-order valence-electron chi connectivity index (χ0n) is 13.4. The van der Waals surface area contributed by atoms with Crippen molar-refractivity contribution in [3.05, 3.63) is 23.8 Å². The van der Waals surface area contributed by atoms with Gasteiger partial charge in [0.25, 0.3) is 0 Å². The molecule has 0 spiro atoms. The van der Waals surface area contributed by atoms with Gasteiger partial charge in [-0.25, -0.2) is 0 Å². The molecule has 5 heteroatoms. The van der Waals surface area contributed by atoms with E-state index in [1.807, 2.05) is 23.1 Å². The highest BCUT2D eigenvalue weighted by atomic mass is 16.6. The molecule has 1 amide bonds. The Labute approximate surface area is 136 Å². The molecule has 1 aromatic carbocycles. The maximum absolute atomic E-state index is 12.5. The second-order valence-corrected chi connectivity index (χ2v) is 7.04. The molecule has 5 nitrogen and oxygen atoms in total. The number of ether oxygens (including phenoxy) is 2. The van der Waals surface area contributed by atoms with Crippen LogP contribution in [0.5, 0.6) is 11.5 Å². The third-order valence-electron chi connectivity index (χ3n) is 5.45. The van der Waals surface area contributed by atoms with Gasteiger partial charge < -0.3 is 20.1 Å². The third-order valence-corrected chi connectivity index (χ3v) is 5.45. The van der Waals surface area contributed by atoms with Crippen LogP contribution >= 0.6 is 0 Å². The van der Waals surface area contributed by atoms with E-state index in [0.717, 1.165) is 55.8 Å². The summed E-state index contributed by atoms with van der Waals surface area (Å²) in [5, 5.41) is 0. The molecule has 0 radical (unpaired) electrons. The van der Waals surface area contributed by atoms with Crippen molar-refractivity contribution in [1.82, 2.24) is 4.90 Å². The van der Waals surface area contributed by atoms with Gasteiger partial charge in [-0.15, -0.1) is 0 Å². The number of amides is 1. The lowest BCUT2D eigenvalue weighted by Crippen LogP contribution is -2.45. The molecule has 1 aromatic rings. The van der Waals surface area contributed by atoms with Crippen LogP contribution in [0.1, 0.15) is 31.2 Å². The highest BCUT2D eigenvalue weighted by Gasteiger charge is 2.46. The van der Waals surface area contributed by atoms with Crippen molar-refractivity contribution in [3.8, 4) is 11.5 Å². The number of piperidine rings is 1. The number of likely N-dealkylation sites (tertiary alicyclic amines) is 1. The summed E-state index contributed by atoms with van der Waals surface area (Å²) in [6, 6.07) is 5.78. The summed E-state index contributed by atoms with van der Waals surface area (Å²) in [5.74, 6) is 2.31. The van der Waals surface area contributed by atoms with Gasteiger partial charge in [0.1, 0.15) is 13.2 Å². The standard InChI is InChI=1S/C18H24N2O3/c19-18(5-6-18)14-3-7-20(8-4-14)17(21)12-13-1-2-15-16(11-13)23-10-9-22-15/h1-2,11,14H,3-10,12,19H2. The summed E-state index contributed by atoms with van der Waals surface area (Å²) in [6.45, 7) is 2.83. The van der Waals surface area contributed by atoms with E-state index in [4.69, 9.17) is 15.2 Å². The van der Waals surface area contributed by atoms with Crippen LogP contribution in [0.4, 0.5) is 0 Å². The molecule has 0 unspecified atom stereocenters. The lowest BCUT2D eigenvalue weighted by atomic mass is 9.88. The minimum Gasteiger partial charge on any atom is -0.486 e. The Balaban J connectivity index is 1.35. The molecule has 2 N–H and O–H groups in total. The predicted molar refractivity (Wildman–Crippen MR) is 86.6 cm³/mol. The first-order valence-electron chi connectivity index (χ1n) is 8.59. The lowest BCUT2D eigenvalue weighted by Gasteiger charge is -2.35. The fourth-order valence-corrected chi connectivity index (χ4v) is 3.74. The minimum absolute atomic E-state index is 0.0883. The Hall–Kier alpha value is -1.75. The van der Waals surface area contributed by atoms with Crippen LogP contribution in [0, 0.1) is 5.92 Å². The van der Waals surface area contributed by atoms with Gasteiger partial charge in [0.2, 0.25) is 5.91 Å². The maximum Gasteiger partial charge on any atom is 0.226 e. The van der Waals surface area contributed by atoms with E-state index in [9.17, 15) is 4.79 Å². The summed E-state index contributed by atoms with van der Waals surface area (Å²) in [4.78, 5) is 14.5. The maximum atomic E-state index is 12.5. The molecule has 0 atom stereocenters. The van der Waals surface area contributed by atoms with E-state index < -0.39 is 0 Å². The van der Waals surface area contributed by atoms with Gasteiger partial charge in [0.15, 0.2) is 11.5 Å². The normalized spacial score (nSPS) is 22.7.